The molecule has 112 valence electrons. The van der Waals surface area contributed by atoms with E-state index in [9.17, 15) is 13.9 Å². The van der Waals surface area contributed by atoms with Gasteiger partial charge in [-0.15, -0.1) is 0 Å². The number of rotatable bonds is 3. The third kappa shape index (κ3) is 3.09. The van der Waals surface area contributed by atoms with Gasteiger partial charge in [-0.3, -0.25) is 0 Å². The number of hydrogen-bond donors (Lipinski definition) is 1. The molecule has 0 amide bonds. The van der Waals surface area contributed by atoms with Crippen LogP contribution >= 0.6 is 15.9 Å². The second kappa shape index (κ2) is 6.12. The first-order valence-corrected chi connectivity index (χ1v) is 7.12. The highest BCUT2D eigenvalue weighted by molar-refractivity contribution is 9.10. The zero-order valence-corrected chi connectivity index (χ0v) is 13.5. The molecule has 2 aromatic rings. The van der Waals surface area contributed by atoms with Gasteiger partial charge >= 0.3 is 0 Å². The Morgan fingerprint density at radius 3 is 2.29 bits per heavy atom. The van der Waals surface area contributed by atoms with Crippen LogP contribution in [0.2, 0.25) is 0 Å². The summed E-state index contributed by atoms with van der Waals surface area (Å²) >= 11 is 3.37. The second-order valence-corrected chi connectivity index (χ2v) is 5.72. The topological polar surface area (TPSA) is 29.5 Å². The van der Waals surface area contributed by atoms with Crippen LogP contribution in [-0.4, -0.2) is 12.2 Å². The molecule has 0 aliphatic rings. The first kappa shape index (κ1) is 15.9. The number of aryl methyl sites for hydroxylation is 2. The molecule has 0 bridgehead atoms. The summed E-state index contributed by atoms with van der Waals surface area (Å²) in [6.45, 7) is 3.40. The molecule has 0 radical (unpaired) electrons. The lowest BCUT2D eigenvalue weighted by atomic mass is 9.97. The van der Waals surface area contributed by atoms with Crippen molar-refractivity contribution in [1.29, 1.82) is 0 Å². The average molecular weight is 357 g/mol. The Morgan fingerprint density at radius 1 is 1.00 bits per heavy atom. The summed E-state index contributed by atoms with van der Waals surface area (Å²) in [5.41, 5.74) is 1.64. The van der Waals surface area contributed by atoms with Crippen LogP contribution in [0.4, 0.5) is 8.78 Å². The van der Waals surface area contributed by atoms with Crippen molar-refractivity contribution >= 4 is 15.9 Å². The van der Waals surface area contributed by atoms with E-state index in [1.165, 1.54) is 20.1 Å². The molecule has 21 heavy (non-hydrogen) atoms. The molecule has 2 aromatic carbocycles. The summed E-state index contributed by atoms with van der Waals surface area (Å²) in [5.74, 6) is -0.977. The van der Waals surface area contributed by atoms with E-state index in [-0.39, 0.29) is 11.1 Å². The second-order valence-electron chi connectivity index (χ2n) is 4.87. The fraction of sp³-hybridized carbons (Fsp3) is 0.250. The Labute approximate surface area is 130 Å². The molecule has 0 aromatic heterocycles. The molecular formula is C16H15BrF2O2. The maximum absolute atomic E-state index is 13.9. The first-order chi connectivity index (χ1) is 9.85. The number of aliphatic hydroxyl groups excluding tert-OH is 1. The van der Waals surface area contributed by atoms with Crippen molar-refractivity contribution in [2.75, 3.05) is 7.11 Å². The Balaban J connectivity index is 2.57. The molecule has 0 aliphatic carbocycles. The number of benzene rings is 2. The van der Waals surface area contributed by atoms with E-state index in [1.807, 2.05) is 6.92 Å². The van der Waals surface area contributed by atoms with Gasteiger partial charge in [-0.05, 0) is 43.2 Å². The van der Waals surface area contributed by atoms with Gasteiger partial charge in [0.25, 0.3) is 0 Å². The van der Waals surface area contributed by atoms with E-state index in [0.717, 1.165) is 16.1 Å². The number of hydrogen-bond acceptors (Lipinski definition) is 2. The van der Waals surface area contributed by atoms with Crippen molar-refractivity contribution in [3.8, 4) is 5.75 Å². The lowest BCUT2D eigenvalue weighted by molar-refractivity contribution is 0.209. The van der Waals surface area contributed by atoms with Gasteiger partial charge in [-0.25, -0.2) is 8.78 Å². The molecular weight excluding hydrogens is 342 g/mol. The predicted octanol–water partition coefficient (Wildman–Crippen LogP) is 4.43. The monoisotopic (exact) mass is 356 g/mol. The van der Waals surface area contributed by atoms with Crippen LogP contribution in [0.1, 0.15) is 28.4 Å². The molecule has 1 unspecified atom stereocenters. The van der Waals surface area contributed by atoms with Crippen molar-refractivity contribution in [2.45, 2.75) is 20.0 Å². The highest BCUT2D eigenvalue weighted by atomic mass is 79.9. The highest BCUT2D eigenvalue weighted by Gasteiger charge is 2.21. The van der Waals surface area contributed by atoms with Crippen LogP contribution in [0.5, 0.6) is 5.75 Å². The van der Waals surface area contributed by atoms with Gasteiger partial charge in [0.1, 0.15) is 23.5 Å². The van der Waals surface area contributed by atoms with E-state index in [4.69, 9.17) is 4.74 Å². The molecule has 5 heteroatoms. The molecule has 0 saturated carbocycles. The minimum absolute atomic E-state index is 0.0166. The summed E-state index contributed by atoms with van der Waals surface area (Å²) in [4.78, 5) is 0. The largest absolute Gasteiger partial charge is 0.496 e. The third-order valence-electron chi connectivity index (χ3n) is 3.38. The van der Waals surface area contributed by atoms with Gasteiger partial charge in [-0.1, -0.05) is 15.9 Å². The van der Waals surface area contributed by atoms with Crippen LogP contribution < -0.4 is 4.74 Å². The van der Waals surface area contributed by atoms with Gasteiger partial charge in [0, 0.05) is 21.7 Å². The summed E-state index contributed by atoms with van der Waals surface area (Å²) in [6.07, 6.45) is -1.24. The van der Waals surface area contributed by atoms with Crippen molar-refractivity contribution in [1.82, 2.24) is 0 Å². The third-order valence-corrected chi connectivity index (χ3v) is 4.23. The van der Waals surface area contributed by atoms with E-state index < -0.39 is 17.7 Å². The van der Waals surface area contributed by atoms with Crippen molar-refractivity contribution < 1.29 is 18.6 Å². The van der Waals surface area contributed by atoms with Crippen molar-refractivity contribution in [2.24, 2.45) is 0 Å². The van der Waals surface area contributed by atoms with E-state index >= 15 is 0 Å². The number of ether oxygens (including phenoxy) is 1. The number of aliphatic hydroxyl groups is 1. The predicted molar refractivity (Wildman–Crippen MR) is 80.6 cm³/mol. The maximum Gasteiger partial charge on any atom is 0.132 e. The Hall–Kier alpha value is -1.46. The van der Waals surface area contributed by atoms with E-state index in [2.05, 4.69) is 15.9 Å². The molecule has 2 rings (SSSR count). The van der Waals surface area contributed by atoms with Gasteiger partial charge in [0.15, 0.2) is 0 Å². The maximum atomic E-state index is 13.9. The zero-order valence-electron chi connectivity index (χ0n) is 11.9. The van der Waals surface area contributed by atoms with Gasteiger partial charge < -0.3 is 9.84 Å². The van der Waals surface area contributed by atoms with Gasteiger partial charge in [-0.2, -0.15) is 0 Å². The van der Waals surface area contributed by atoms with Crippen LogP contribution in [0.3, 0.4) is 0 Å². The molecule has 0 spiro atoms. The smallest absolute Gasteiger partial charge is 0.132 e. The highest BCUT2D eigenvalue weighted by Crippen LogP contribution is 2.35. The summed E-state index contributed by atoms with van der Waals surface area (Å²) in [7, 11) is 1.48. The summed E-state index contributed by atoms with van der Waals surface area (Å²) in [5, 5.41) is 10.5. The molecule has 0 fully saturated rings. The van der Waals surface area contributed by atoms with Crippen LogP contribution in [-0.2, 0) is 0 Å². The lowest BCUT2D eigenvalue weighted by Gasteiger charge is -2.18. The van der Waals surface area contributed by atoms with Crippen LogP contribution in [0.25, 0.3) is 0 Å². The Kier molecular flexibility index (Phi) is 4.64. The summed E-state index contributed by atoms with van der Waals surface area (Å²) in [6, 6.07) is 5.51. The Morgan fingerprint density at radius 2 is 1.67 bits per heavy atom. The first-order valence-electron chi connectivity index (χ1n) is 6.32. The van der Waals surface area contributed by atoms with Crippen LogP contribution in [0.15, 0.2) is 28.7 Å². The van der Waals surface area contributed by atoms with Gasteiger partial charge in [0.2, 0.25) is 0 Å². The molecule has 0 saturated heterocycles. The number of halogens is 3. The van der Waals surface area contributed by atoms with E-state index in [1.54, 1.807) is 12.1 Å². The normalized spacial score (nSPS) is 12.3. The fourth-order valence-corrected chi connectivity index (χ4v) is 2.48. The minimum atomic E-state index is -1.24. The number of methoxy groups -OCH3 is 1. The lowest BCUT2D eigenvalue weighted by Crippen LogP contribution is -2.06. The van der Waals surface area contributed by atoms with Crippen molar-refractivity contribution in [3.05, 3.63) is 62.6 Å². The molecule has 2 nitrogen and oxygen atoms in total. The van der Waals surface area contributed by atoms with Crippen molar-refractivity contribution in [3.63, 3.8) is 0 Å². The van der Waals surface area contributed by atoms with Crippen LogP contribution in [0, 0.1) is 25.5 Å². The standard InChI is InChI=1S/C16H15BrF2O2/c1-8-5-15(21-3)11(6-12(8)17)16(20)10-4-9(2)13(18)7-14(10)19/h4-7,16,20H,1-3H3. The zero-order chi connectivity index (χ0) is 15.7. The van der Waals surface area contributed by atoms with Gasteiger partial charge in [0.05, 0.1) is 7.11 Å². The summed E-state index contributed by atoms with van der Waals surface area (Å²) < 4.78 is 33.3. The molecule has 1 atom stereocenters. The average Bonchev–Trinajstić information content (AvgIpc) is 2.44. The minimum Gasteiger partial charge on any atom is -0.496 e. The SMILES string of the molecule is COc1cc(C)c(Br)cc1C(O)c1cc(C)c(F)cc1F. The quantitative estimate of drug-likeness (QED) is 0.881. The molecule has 0 aliphatic heterocycles. The fourth-order valence-electron chi connectivity index (χ4n) is 2.12. The Bertz CT molecular complexity index is 686. The molecule has 0 heterocycles. The molecule has 1 N–H and O–H groups in total. The van der Waals surface area contributed by atoms with E-state index in [0.29, 0.717) is 11.3 Å².